The number of nitro groups is 1. The Morgan fingerprint density at radius 2 is 2.04 bits per heavy atom. The van der Waals surface area contributed by atoms with Crippen molar-refractivity contribution in [1.29, 1.82) is 5.26 Å². The number of nitriles is 1. The number of nitrogens with zero attached hydrogens (tertiary/aromatic N) is 2. The Kier molecular flexibility index (Phi) is 5.12. The normalized spacial score (nSPS) is 9.88. The van der Waals surface area contributed by atoms with Crippen LogP contribution in [0.4, 0.5) is 11.4 Å². The van der Waals surface area contributed by atoms with E-state index in [-0.39, 0.29) is 11.4 Å². The fourth-order valence-electron chi connectivity index (χ4n) is 2.27. The molecule has 0 fully saturated rings. The van der Waals surface area contributed by atoms with E-state index in [2.05, 4.69) is 5.32 Å². The van der Waals surface area contributed by atoms with Gasteiger partial charge in [0.1, 0.15) is 6.07 Å². The Balaban J connectivity index is 2.13. The summed E-state index contributed by atoms with van der Waals surface area (Å²) in [6, 6.07) is 11.6. The van der Waals surface area contributed by atoms with Crippen molar-refractivity contribution in [3.63, 3.8) is 0 Å². The van der Waals surface area contributed by atoms with Crippen LogP contribution in [0.1, 0.15) is 16.7 Å². The number of nitro benzene ring substituents is 1. The molecule has 7 heteroatoms. The monoisotopic (exact) mass is 325 g/mol. The van der Waals surface area contributed by atoms with Crippen molar-refractivity contribution in [2.75, 3.05) is 11.9 Å². The van der Waals surface area contributed by atoms with Crippen molar-refractivity contribution < 1.29 is 14.5 Å². The summed E-state index contributed by atoms with van der Waals surface area (Å²) < 4.78 is 5.36. The van der Waals surface area contributed by atoms with Gasteiger partial charge in [0.2, 0.25) is 5.75 Å². The summed E-state index contributed by atoms with van der Waals surface area (Å²) in [6.45, 7) is 3.03. The molecule has 0 spiro atoms. The smallest absolute Gasteiger partial charge is 0.311 e. The molecule has 24 heavy (non-hydrogen) atoms. The highest BCUT2D eigenvalue weighted by Crippen LogP contribution is 2.32. The number of ether oxygens (including phenoxy) is 1. The molecule has 0 aliphatic heterocycles. The lowest BCUT2D eigenvalue weighted by molar-refractivity contribution is -0.385. The number of aryl methyl sites for hydroxylation is 2. The molecular formula is C17H15N3O4. The lowest BCUT2D eigenvalue weighted by Gasteiger charge is -2.11. The molecule has 2 rings (SSSR count). The maximum Gasteiger partial charge on any atom is 0.311 e. The summed E-state index contributed by atoms with van der Waals surface area (Å²) in [5, 5.41) is 22.7. The van der Waals surface area contributed by atoms with Crippen LogP contribution in [-0.4, -0.2) is 17.4 Å². The fraction of sp³-hybridized carbons (Fsp3) is 0.176. The largest absolute Gasteiger partial charge is 0.477 e. The molecule has 0 aliphatic rings. The summed E-state index contributed by atoms with van der Waals surface area (Å²) >= 11 is 0. The highest BCUT2D eigenvalue weighted by molar-refractivity contribution is 5.93. The van der Waals surface area contributed by atoms with Gasteiger partial charge in [-0.25, -0.2) is 0 Å². The van der Waals surface area contributed by atoms with Crippen molar-refractivity contribution >= 4 is 17.3 Å². The second-order valence-electron chi connectivity index (χ2n) is 5.18. The van der Waals surface area contributed by atoms with Crippen LogP contribution in [0.15, 0.2) is 36.4 Å². The average molecular weight is 325 g/mol. The number of benzene rings is 2. The van der Waals surface area contributed by atoms with Crippen molar-refractivity contribution in [3.8, 4) is 11.8 Å². The summed E-state index contributed by atoms with van der Waals surface area (Å²) in [7, 11) is 0. The molecule has 2 aromatic rings. The van der Waals surface area contributed by atoms with Crippen LogP contribution in [0.5, 0.6) is 5.75 Å². The van der Waals surface area contributed by atoms with Crippen LogP contribution in [-0.2, 0) is 4.79 Å². The zero-order chi connectivity index (χ0) is 17.7. The van der Waals surface area contributed by atoms with Gasteiger partial charge in [0.05, 0.1) is 16.2 Å². The number of hydrogen-bond acceptors (Lipinski definition) is 5. The first kappa shape index (κ1) is 17.0. The summed E-state index contributed by atoms with van der Waals surface area (Å²) in [5.74, 6) is -0.443. The Morgan fingerprint density at radius 1 is 1.33 bits per heavy atom. The minimum Gasteiger partial charge on any atom is -0.477 e. The van der Waals surface area contributed by atoms with Gasteiger partial charge < -0.3 is 10.1 Å². The highest BCUT2D eigenvalue weighted by Gasteiger charge is 2.19. The molecule has 1 N–H and O–H groups in total. The van der Waals surface area contributed by atoms with Gasteiger partial charge in [-0.3, -0.25) is 14.9 Å². The third-order valence-corrected chi connectivity index (χ3v) is 3.27. The third kappa shape index (κ3) is 3.87. The predicted octanol–water partition coefficient (Wildman–Crippen LogP) is 3.10. The molecule has 7 nitrogen and oxygen atoms in total. The lowest BCUT2D eigenvalue weighted by Crippen LogP contribution is -2.21. The van der Waals surface area contributed by atoms with Crippen LogP contribution >= 0.6 is 0 Å². The molecule has 0 heterocycles. The van der Waals surface area contributed by atoms with E-state index in [4.69, 9.17) is 10.00 Å². The average Bonchev–Trinajstić information content (AvgIpc) is 2.53. The molecule has 0 saturated carbocycles. The Morgan fingerprint density at radius 3 is 2.71 bits per heavy atom. The number of nitrogens with one attached hydrogen (secondary N) is 1. The highest BCUT2D eigenvalue weighted by atomic mass is 16.6. The summed E-state index contributed by atoms with van der Waals surface area (Å²) in [5.41, 5.74) is 1.82. The molecule has 0 aliphatic carbocycles. The van der Waals surface area contributed by atoms with Crippen LogP contribution in [0.25, 0.3) is 0 Å². The van der Waals surface area contributed by atoms with Crippen LogP contribution in [0, 0.1) is 35.3 Å². The quantitative estimate of drug-likeness (QED) is 0.671. The number of para-hydroxylation sites is 1. The van der Waals surface area contributed by atoms with Gasteiger partial charge in [-0.2, -0.15) is 5.26 Å². The van der Waals surface area contributed by atoms with Gasteiger partial charge in [-0.15, -0.1) is 0 Å². The molecule has 122 valence electrons. The van der Waals surface area contributed by atoms with E-state index in [1.54, 1.807) is 44.2 Å². The minimum atomic E-state index is -0.543. The van der Waals surface area contributed by atoms with Crippen molar-refractivity contribution in [1.82, 2.24) is 0 Å². The van der Waals surface area contributed by atoms with Gasteiger partial charge >= 0.3 is 5.69 Å². The number of anilines is 1. The Hall–Kier alpha value is -3.40. The van der Waals surface area contributed by atoms with E-state index in [1.807, 2.05) is 6.07 Å². The number of carbonyl (C=O) groups is 1. The number of carbonyl (C=O) groups excluding carboxylic acids is 1. The molecule has 1 amide bonds. The summed E-state index contributed by atoms with van der Waals surface area (Å²) in [6.07, 6.45) is 0. The van der Waals surface area contributed by atoms with Gasteiger partial charge in [0.25, 0.3) is 5.91 Å². The van der Waals surface area contributed by atoms with E-state index in [0.717, 1.165) is 5.56 Å². The molecule has 0 saturated heterocycles. The van der Waals surface area contributed by atoms with Gasteiger partial charge in [-0.05, 0) is 37.1 Å². The van der Waals surface area contributed by atoms with Crippen molar-refractivity contribution in [2.24, 2.45) is 0 Å². The number of hydrogen-bond donors (Lipinski definition) is 1. The molecule has 2 aromatic carbocycles. The number of rotatable bonds is 5. The summed E-state index contributed by atoms with van der Waals surface area (Å²) in [4.78, 5) is 22.6. The van der Waals surface area contributed by atoms with E-state index in [9.17, 15) is 14.9 Å². The topological polar surface area (TPSA) is 105 Å². The van der Waals surface area contributed by atoms with Gasteiger partial charge in [0.15, 0.2) is 6.61 Å². The molecule has 0 atom stereocenters. The Bertz CT molecular complexity index is 840. The predicted molar refractivity (Wildman–Crippen MR) is 87.9 cm³/mol. The molecule has 0 unspecified atom stereocenters. The molecule has 0 bridgehead atoms. The first-order valence-corrected chi connectivity index (χ1v) is 7.09. The lowest BCUT2D eigenvalue weighted by atomic mass is 10.1. The first-order chi connectivity index (χ1) is 11.4. The molecule has 0 aromatic heterocycles. The maximum absolute atomic E-state index is 12.0. The standard InChI is InChI=1S/C17H15N3O4/c1-11-7-12(2)17(15(8-11)20(22)23)24-10-16(21)19-14-6-4-3-5-13(14)9-18/h3-8H,10H2,1-2H3,(H,19,21). The second-order valence-corrected chi connectivity index (χ2v) is 5.18. The molecular weight excluding hydrogens is 310 g/mol. The van der Waals surface area contributed by atoms with Gasteiger partial charge in [0, 0.05) is 6.07 Å². The van der Waals surface area contributed by atoms with Gasteiger partial charge in [-0.1, -0.05) is 18.2 Å². The molecule has 0 radical (unpaired) electrons. The van der Waals surface area contributed by atoms with Crippen molar-refractivity contribution in [3.05, 3.63) is 63.2 Å². The zero-order valence-corrected chi connectivity index (χ0v) is 13.2. The van der Waals surface area contributed by atoms with E-state index in [0.29, 0.717) is 16.8 Å². The van der Waals surface area contributed by atoms with E-state index in [1.165, 1.54) is 6.07 Å². The van der Waals surface area contributed by atoms with Crippen LogP contribution < -0.4 is 10.1 Å². The van der Waals surface area contributed by atoms with Crippen molar-refractivity contribution in [2.45, 2.75) is 13.8 Å². The first-order valence-electron chi connectivity index (χ1n) is 7.09. The second kappa shape index (κ2) is 7.24. The fourth-order valence-corrected chi connectivity index (χ4v) is 2.27. The maximum atomic E-state index is 12.0. The van der Waals surface area contributed by atoms with Crippen LogP contribution in [0.2, 0.25) is 0 Å². The Labute approximate surface area is 138 Å². The van der Waals surface area contributed by atoms with Crippen LogP contribution in [0.3, 0.4) is 0 Å². The SMILES string of the molecule is Cc1cc(C)c(OCC(=O)Nc2ccccc2C#N)c([N+](=O)[O-])c1. The van der Waals surface area contributed by atoms with E-state index >= 15 is 0 Å². The van der Waals surface area contributed by atoms with E-state index < -0.39 is 17.4 Å². The number of amides is 1. The zero-order valence-electron chi connectivity index (χ0n) is 13.2. The minimum absolute atomic E-state index is 0.0642. The third-order valence-electron chi connectivity index (χ3n) is 3.27.